The second-order valence-electron chi connectivity index (χ2n) is 6.57. The number of nitrogen functional groups attached to an aromatic ring is 1. The monoisotopic (exact) mass is 282 g/mol. The highest BCUT2D eigenvalue weighted by atomic mass is 15.2. The van der Waals surface area contributed by atoms with Crippen LogP contribution in [0.5, 0.6) is 0 Å². The van der Waals surface area contributed by atoms with Gasteiger partial charge in [-0.3, -0.25) is 0 Å². The Morgan fingerprint density at radius 3 is 2.14 bits per heavy atom. The lowest BCUT2D eigenvalue weighted by molar-refractivity contribution is 0.473. The minimum Gasteiger partial charge on any atom is -0.383 e. The van der Waals surface area contributed by atoms with Gasteiger partial charge < -0.3 is 10.3 Å². The number of anilines is 1. The van der Waals surface area contributed by atoms with Crippen LogP contribution in [0.25, 0.3) is 11.3 Å². The lowest BCUT2D eigenvalue weighted by Gasteiger charge is -2.22. The summed E-state index contributed by atoms with van der Waals surface area (Å²) < 4.78 is 2.09. The van der Waals surface area contributed by atoms with E-state index in [1.54, 1.807) is 12.1 Å². The van der Waals surface area contributed by atoms with Crippen LogP contribution in [0.2, 0.25) is 0 Å². The predicted molar refractivity (Wildman–Crippen MR) is 85.9 cm³/mol. The summed E-state index contributed by atoms with van der Waals surface area (Å²) in [4.78, 5) is 4.78. The van der Waals surface area contributed by atoms with Crippen molar-refractivity contribution in [3.8, 4) is 17.3 Å². The van der Waals surface area contributed by atoms with Gasteiger partial charge in [-0.15, -0.1) is 0 Å². The van der Waals surface area contributed by atoms with Crippen LogP contribution in [0, 0.1) is 11.3 Å². The fraction of sp³-hybridized carbons (Fsp3) is 0.412. The molecule has 2 rings (SSSR count). The molecule has 0 atom stereocenters. The fourth-order valence-corrected chi connectivity index (χ4v) is 2.41. The third-order valence-corrected chi connectivity index (χ3v) is 3.42. The van der Waals surface area contributed by atoms with Crippen LogP contribution in [0.1, 0.15) is 52.0 Å². The smallest absolute Gasteiger partial charge is 0.131 e. The Morgan fingerprint density at radius 1 is 1.19 bits per heavy atom. The first-order valence-corrected chi connectivity index (χ1v) is 7.14. The Balaban J connectivity index is 2.62. The lowest BCUT2D eigenvalue weighted by Crippen LogP contribution is -2.21. The molecule has 0 fully saturated rings. The normalized spacial score (nSPS) is 11.7. The molecule has 2 N–H and O–H groups in total. The minimum atomic E-state index is -0.0801. The number of rotatable bonds is 2. The van der Waals surface area contributed by atoms with Crippen molar-refractivity contribution in [1.29, 1.82) is 5.26 Å². The fourth-order valence-electron chi connectivity index (χ4n) is 2.41. The average molecular weight is 282 g/mol. The molecule has 0 spiro atoms. The minimum absolute atomic E-state index is 0.0801. The maximum atomic E-state index is 8.89. The molecule has 110 valence electrons. The zero-order chi connectivity index (χ0) is 15.8. The van der Waals surface area contributed by atoms with Gasteiger partial charge in [0, 0.05) is 17.0 Å². The van der Waals surface area contributed by atoms with E-state index < -0.39 is 0 Å². The zero-order valence-corrected chi connectivity index (χ0v) is 13.3. The standard InChI is InChI=1S/C17H22N4/c1-11(2)21-15(19)14(20-16(21)17(3,4)5)13-8-6-12(10-18)7-9-13/h6-9,11H,19H2,1-5H3. The second kappa shape index (κ2) is 5.25. The van der Waals surface area contributed by atoms with E-state index in [9.17, 15) is 0 Å². The molecule has 0 aliphatic rings. The van der Waals surface area contributed by atoms with Gasteiger partial charge in [0.05, 0.1) is 11.6 Å². The van der Waals surface area contributed by atoms with E-state index in [4.69, 9.17) is 16.0 Å². The Bertz CT molecular complexity index is 679. The number of imidazole rings is 1. The van der Waals surface area contributed by atoms with Crippen molar-refractivity contribution in [2.45, 2.75) is 46.1 Å². The van der Waals surface area contributed by atoms with Crippen molar-refractivity contribution in [2.75, 3.05) is 5.73 Å². The number of aromatic nitrogens is 2. The third-order valence-electron chi connectivity index (χ3n) is 3.42. The molecule has 0 aliphatic heterocycles. The summed E-state index contributed by atoms with van der Waals surface area (Å²) in [6.45, 7) is 10.6. The van der Waals surface area contributed by atoms with E-state index >= 15 is 0 Å². The van der Waals surface area contributed by atoms with Crippen LogP contribution in [0.15, 0.2) is 24.3 Å². The van der Waals surface area contributed by atoms with E-state index in [-0.39, 0.29) is 11.5 Å². The number of nitriles is 1. The molecule has 0 saturated heterocycles. The van der Waals surface area contributed by atoms with E-state index in [0.717, 1.165) is 17.1 Å². The molecule has 0 amide bonds. The summed E-state index contributed by atoms with van der Waals surface area (Å²) in [6.07, 6.45) is 0. The largest absolute Gasteiger partial charge is 0.383 e. The highest BCUT2D eigenvalue weighted by Crippen LogP contribution is 2.34. The lowest BCUT2D eigenvalue weighted by atomic mass is 9.95. The quantitative estimate of drug-likeness (QED) is 0.908. The summed E-state index contributed by atoms with van der Waals surface area (Å²) >= 11 is 0. The number of benzene rings is 1. The number of nitrogens with two attached hydrogens (primary N) is 1. The third kappa shape index (κ3) is 2.78. The first kappa shape index (κ1) is 15.1. The Labute approximate surface area is 126 Å². The van der Waals surface area contributed by atoms with Gasteiger partial charge in [-0.2, -0.15) is 5.26 Å². The molecule has 4 nitrogen and oxygen atoms in total. The van der Waals surface area contributed by atoms with E-state index in [2.05, 4.69) is 45.3 Å². The van der Waals surface area contributed by atoms with Crippen molar-refractivity contribution in [3.63, 3.8) is 0 Å². The molecule has 4 heteroatoms. The molecule has 1 aromatic carbocycles. The summed E-state index contributed by atoms with van der Waals surface area (Å²) in [5.41, 5.74) is 8.63. The molecule has 21 heavy (non-hydrogen) atoms. The van der Waals surface area contributed by atoms with Gasteiger partial charge in [0.25, 0.3) is 0 Å². The van der Waals surface area contributed by atoms with Gasteiger partial charge in [-0.25, -0.2) is 4.98 Å². The van der Waals surface area contributed by atoms with Gasteiger partial charge in [0.15, 0.2) is 0 Å². The Kier molecular flexibility index (Phi) is 3.78. The molecule has 0 unspecified atom stereocenters. The molecule has 0 radical (unpaired) electrons. The van der Waals surface area contributed by atoms with Gasteiger partial charge in [0.1, 0.15) is 17.3 Å². The summed E-state index contributed by atoms with van der Waals surface area (Å²) in [7, 11) is 0. The van der Waals surface area contributed by atoms with Crippen molar-refractivity contribution < 1.29 is 0 Å². The van der Waals surface area contributed by atoms with Gasteiger partial charge in [0.2, 0.25) is 0 Å². The van der Waals surface area contributed by atoms with Gasteiger partial charge in [-0.05, 0) is 26.0 Å². The van der Waals surface area contributed by atoms with Crippen molar-refractivity contribution >= 4 is 5.82 Å². The van der Waals surface area contributed by atoms with Crippen LogP contribution in [-0.2, 0) is 5.41 Å². The SMILES string of the molecule is CC(C)n1c(C(C)(C)C)nc(-c2ccc(C#N)cc2)c1N. The predicted octanol–water partition coefficient (Wildman–Crippen LogP) is 3.88. The highest BCUT2D eigenvalue weighted by molar-refractivity contribution is 5.72. The molecule has 0 aliphatic carbocycles. The first-order valence-electron chi connectivity index (χ1n) is 7.14. The molecule has 1 heterocycles. The first-order chi connectivity index (χ1) is 9.75. The summed E-state index contributed by atoms with van der Waals surface area (Å²) in [5.74, 6) is 1.66. The molecule has 0 saturated carbocycles. The molecule has 0 bridgehead atoms. The van der Waals surface area contributed by atoms with Crippen LogP contribution in [0.3, 0.4) is 0 Å². The van der Waals surface area contributed by atoms with Crippen molar-refractivity contribution in [2.24, 2.45) is 0 Å². The van der Waals surface area contributed by atoms with Crippen molar-refractivity contribution in [3.05, 3.63) is 35.7 Å². The Hall–Kier alpha value is -2.28. The van der Waals surface area contributed by atoms with E-state index in [1.807, 2.05) is 12.1 Å². The van der Waals surface area contributed by atoms with Crippen LogP contribution in [-0.4, -0.2) is 9.55 Å². The highest BCUT2D eigenvalue weighted by Gasteiger charge is 2.26. The maximum absolute atomic E-state index is 8.89. The van der Waals surface area contributed by atoms with E-state index in [0.29, 0.717) is 11.4 Å². The van der Waals surface area contributed by atoms with Crippen LogP contribution >= 0.6 is 0 Å². The number of hydrogen-bond donors (Lipinski definition) is 1. The average Bonchev–Trinajstić information content (AvgIpc) is 2.76. The summed E-state index contributed by atoms with van der Waals surface area (Å²) in [6, 6.07) is 9.75. The maximum Gasteiger partial charge on any atom is 0.131 e. The molecule has 1 aromatic heterocycles. The Morgan fingerprint density at radius 2 is 1.76 bits per heavy atom. The van der Waals surface area contributed by atoms with Crippen molar-refractivity contribution in [1.82, 2.24) is 9.55 Å². The van der Waals surface area contributed by atoms with Gasteiger partial charge >= 0.3 is 0 Å². The molecular weight excluding hydrogens is 260 g/mol. The second-order valence-corrected chi connectivity index (χ2v) is 6.57. The zero-order valence-electron chi connectivity index (χ0n) is 13.3. The number of nitrogens with zero attached hydrogens (tertiary/aromatic N) is 3. The molecule has 2 aromatic rings. The molecular formula is C17H22N4. The van der Waals surface area contributed by atoms with E-state index in [1.165, 1.54) is 0 Å². The van der Waals surface area contributed by atoms with Crippen LogP contribution in [0.4, 0.5) is 5.82 Å². The van der Waals surface area contributed by atoms with Gasteiger partial charge in [-0.1, -0.05) is 32.9 Å². The summed E-state index contributed by atoms with van der Waals surface area (Å²) in [5, 5.41) is 8.89. The topological polar surface area (TPSA) is 67.6 Å². The number of hydrogen-bond acceptors (Lipinski definition) is 3. The van der Waals surface area contributed by atoms with Crippen LogP contribution < -0.4 is 5.73 Å².